The highest BCUT2D eigenvalue weighted by molar-refractivity contribution is 5.12. The van der Waals surface area contributed by atoms with Crippen LogP contribution in [0.2, 0.25) is 0 Å². The molecule has 0 aromatic heterocycles. The summed E-state index contributed by atoms with van der Waals surface area (Å²) in [6, 6.07) is 0. The number of halogens is 1. The topological polar surface area (TPSA) is 0 Å². The van der Waals surface area contributed by atoms with Crippen molar-refractivity contribution >= 4 is 0 Å². The molecule has 0 N–H and O–H groups in total. The molecule has 22 valence electrons. The molecule has 0 saturated heterocycles. The minimum atomic E-state index is 0.0417. The van der Waals surface area contributed by atoms with Crippen molar-refractivity contribution < 1.29 is 4.39 Å². The van der Waals surface area contributed by atoms with Crippen LogP contribution in [0, 0.1) is 0 Å². The van der Waals surface area contributed by atoms with Crippen molar-refractivity contribution in [2.24, 2.45) is 0 Å². The second-order valence-corrected chi connectivity index (χ2v) is 0.855. The van der Waals surface area contributed by atoms with Crippen LogP contribution in [0.3, 0.4) is 0 Å². The molecule has 0 atom stereocenters. The summed E-state index contributed by atoms with van der Waals surface area (Å²) < 4.78 is 11.0. The van der Waals surface area contributed by atoms with Gasteiger partial charge in [0.25, 0.3) is 0 Å². The zero-order valence-electron chi connectivity index (χ0n) is 2.16. The molecule has 1 rings (SSSR count). The summed E-state index contributed by atoms with van der Waals surface area (Å²) in [5.41, 5.74) is 0. The molecular formula is C3H3F. The maximum absolute atomic E-state index is 11.0. The summed E-state index contributed by atoms with van der Waals surface area (Å²) in [6.07, 6.45) is 2.15. The van der Waals surface area contributed by atoms with Gasteiger partial charge in [0, 0.05) is 6.42 Å². The van der Waals surface area contributed by atoms with Crippen molar-refractivity contribution in [1.29, 1.82) is 0 Å². The van der Waals surface area contributed by atoms with Crippen molar-refractivity contribution in [2.45, 2.75) is 6.42 Å². The number of hydrogen-bond acceptors (Lipinski definition) is 0. The summed E-state index contributed by atoms with van der Waals surface area (Å²) in [6.45, 7) is 0. The maximum Gasteiger partial charge on any atom is 0.100 e. The summed E-state index contributed by atoms with van der Waals surface area (Å²) in [7, 11) is 0. The van der Waals surface area contributed by atoms with E-state index in [1.807, 2.05) is 0 Å². The van der Waals surface area contributed by atoms with Gasteiger partial charge < -0.3 is 0 Å². The lowest BCUT2D eigenvalue weighted by Crippen LogP contribution is -1.20. The van der Waals surface area contributed by atoms with Crippen LogP contribution in [-0.4, -0.2) is 0 Å². The molecule has 0 bridgehead atoms. The van der Waals surface area contributed by atoms with E-state index in [4.69, 9.17) is 0 Å². The molecule has 0 spiro atoms. The van der Waals surface area contributed by atoms with E-state index >= 15 is 0 Å². The Labute approximate surface area is 23.9 Å². The summed E-state index contributed by atoms with van der Waals surface area (Å²) in [5, 5.41) is 0. The second-order valence-electron chi connectivity index (χ2n) is 0.855. The van der Waals surface area contributed by atoms with Crippen molar-refractivity contribution in [3.05, 3.63) is 11.9 Å². The molecule has 0 saturated carbocycles. The highest BCUT2D eigenvalue weighted by Gasteiger charge is 2.00. The Morgan fingerprint density at radius 3 is 2.25 bits per heavy atom. The molecule has 0 aromatic carbocycles. The van der Waals surface area contributed by atoms with E-state index in [1.165, 1.54) is 0 Å². The van der Waals surface area contributed by atoms with Crippen LogP contribution in [0.4, 0.5) is 4.39 Å². The molecule has 0 radical (unpaired) electrons. The van der Waals surface area contributed by atoms with Gasteiger partial charge in [-0.15, -0.1) is 0 Å². The molecular weight excluding hydrogens is 55.0 g/mol. The molecule has 0 nitrogen and oxygen atoms in total. The van der Waals surface area contributed by atoms with Crippen molar-refractivity contribution in [3.8, 4) is 0 Å². The van der Waals surface area contributed by atoms with E-state index in [0.717, 1.165) is 0 Å². The molecule has 1 aliphatic rings. The quantitative estimate of drug-likeness (QED) is 0.393. The second kappa shape index (κ2) is 0.341. The third kappa shape index (κ3) is 0.105. The Hall–Kier alpha value is -0.330. The Morgan fingerprint density at radius 2 is 2.25 bits per heavy atom. The number of allylic oxidation sites excluding steroid dienone is 2. The van der Waals surface area contributed by atoms with E-state index in [-0.39, 0.29) is 5.83 Å². The van der Waals surface area contributed by atoms with E-state index in [9.17, 15) is 4.39 Å². The zero-order chi connectivity index (χ0) is 2.99. The van der Waals surface area contributed by atoms with E-state index in [2.05, 4.69) is 0 Å². The monoisotopic (exact) mass is 58.0 g/mol. The fraction of sp³-hybridized carbons (Fsp3) is 0.333. The van der Waals surface area contributed by atoms with Gasteiger partial charge in [0.1, 0.15) is 5.83 Å². The molecule has 0 fully saturated rings. The van der Waals surface area contributed by atoms with Crippen LogP contribution < -0.4 is 0 Å². The fourth-order valence-electron chi connectivity index (χ4n) is 0.0386. The maximum atomic E-state index is 11.0. The van der Waals surface area contributed by atoms with Gasteiger partial charge in [-0.2, -0.15) is 0 Å². The average molecular weight is 58.1 g/mol. The van der Waals surface area contributed by atoms with Crippen molar-refractivity contribution in [1.82, 2.24) is 0 Å². The molecule has 0 unspecified atom stereocenters. The number of hydrogen-bond donors (Lipinski definition) is 0. The Bertz CT molecular complexity index is 54.3. The van der Waals surface area contributed by atoms with E-state index in [1.54, 1.807) is 6.08 Å². The predicted octanol–water partition coefficient (Wildman–Crippen LogP) is 1.24. The van der Waals surface area contributed by atoms with Crippen molar-refractivity contribution in [3.63, 3.8) is 0 Å². The smallest absolute Gasteiger partial charge is 0.100 e. The largest absolute Gasteiger partial charge is 0.212 e. The van der Waals surface area contributed by atoms with Crippen LogP contribution in [0.1, 0.15) is 6.42 Å². The Kier molecular flexibility index (Phi) is 0.166. The van der Waals surface area contributed by atoms with Gasteiger partial charge >= 0.3 is 0 Å². The van der Waals surface area contributed by atoms with Gasteiger partial charge in [0.2, 0.25) is 0 Å². The van der Waals surface area contributed by atoms with Crippen LogP contribution in [0.15, 0.2) is 11.9 Å². The predicted molar refractivity (Wildman–Crippen MR) is 13.8 cm³/mol. The highest BCUT2D eigenvalue weighted by Crippen LogP contribution is 2.17. The van der Waals surface area contributed by atoms with Crippen LogP contribution in [-0.2, 0) is 0 Å². The normalized spacial score (nSPS) is 19.8. The van der Waals surface area contributed by atoms with Crippen LogP contribution >= 0.6 is 0 Å². The lowest BCUT2D eigenvalue weighted by atomic mass is 10.9. The zero-order valence-corrected chi connectivity index (χ0v) is 2.16. The van der Waals surface area contributed by atoms with E-state index in [0.29, 0.717) is 6.42 Å². The lowest BCUT2D eigenvalue weighted by Gasteiger charge is -1.42. The standard InChI is InChI=1S/C3H3F/c4-3-1-2-3/h1H,2H2. The van der Waals surface area contributed by atoms with Gasteiger partial charge in [-0.05, 0) is 6.08 Å². The Balaban J connectivity index is 2.54. The minimum Gasteiger partial charge on any atom is -0.212 e. The number of rotatable bonds is 0. The van der Waals surface area contributed by atoms with E-state index < -0.39 is 0 Å². The average Bonchev–Trinajstić information content (AvgIpc) is 1.75. The van der Waals surface area contributed by atoms with Crippen LogP contribution in [0.5, 0.6) is 0 Å². The van der Waals surface area contributed by atoms with Gasteiger partial charge in [-0.1, -0.05) is 0 Å². The third-order valence-electron chi connectivity index (χ3n) is 0.358. The first kappa shape index (κ1) is 1.94. The third-order valence-corrected chi connectivity index (χ3v) is 0.358. The van der Waals surface area contributed by atoms with Crippen LogP contribution in [0.25, 0.3) is 0 Å². The molecule has 0 aliphatic heterocycles. The highest BCUT2D eigenvalue weighted by atomic mass is 19.1. The van der Waals surface area contributed by atoms with Gasteiger partial charge in [0.15, 0.2) is 0 Å². The minimum absolute atomic E-state index is 0.0417. The SMILES string of the molecule is FC1=CC1. The first-order chi connectivity index (χ1) is 1.89. The van der Waals surface area contributed by atoms with Gasteiger partial charge in [-0.3, -0.25) is 0 Å². The molecule has 4 heavy (non-hydrogen) atoms. The summed E-state index contributed by atoms with van der Waals surface area (Å²) in [4.78, 5) is 0. The fourth-order valence-corrected chi connectivity index (χ4v) is 0.0386. The Morgan fingerprint density at radius 1 is 2.00 bits per heavy atom. The van der Waals surface area contributed by atoms with Crippen molar-refractivity contribution in [2.75, 3.05) is 0 Å². The first-order valence-corrected chi connectivity index (χ1v) is 1.24. The molecule has 0 amide bonds. The first-order valence-electron chi connectivity index (χ1n) is 1.24. The molecule has 1 heteroatoms. The van der Waals surface area contributed by atoms with Gasteiger partial charge in [-0.25, -0.2) is 4.39 Å². The lowest BCUT2D eigenvalue weighted by molar-refractivity contribution is 0.671. The molecule has 1 aliphatic carbocycles. The molecule has 0 aromatic rings. The van der Waals surface area contributed by atoms with Gasteiger partial charge in [0.05, 0.1) is 0 Å². The summed E-state index contributed by atoms with van der Waals surface area (Å²) in [5.74, 6) is 0.0417. The molecule has 0 heterocycles. The summed E-state index contributed by atoms with van der Waals surface area (Å²) >= 11 is 0.